The third-order valence-corrected chi connectivity index (χ3v) is 4.38. The molecule has 0 bridgehead atoms. The Hall–Kier alpha value is -1.30. The van der Waals surface area contributed by atoms with Crippen molar-refractivity contribution in [2.24, 2.45) is 5.92 Å². The average Bonchev–Trinajstić information content (AvgIpc) is 2.59. The Bertz CT molecular complexity index is 383. The molecule has 0 aromatic carbocycles. The van der Waals surface area contributed by atoms with Gasteiger partial charge in [0.1, 0.15) is 0 Å². The molecule has 2 N–H and O–H groups in total. The molecule has 0 aromatic rings. The highest BCUT2D eigenvalue weighted by molar-refractivity contribution is 5.76. The molecule has 2 amide bonds. The van der Waals surface area contributed by atoms with Crippen molar-refractivity contribution in [3.63, 3.8) is 0 Å². The number of aliphatic carboxylic acids is 1. The standard InChI is InChI=1S/C14H24N2O4/c1-14(20)5-3-8-15(9-6-14)13(19)16-7-2-4-11(10-16)12(17)18/h11,20H,2-10H2,1H3,(H,17,18). The van der Waals surface area contributed by atoms with E-state index in [1.807, 2.05) is 6.92 Å². The molecule has 6 nitrogen and oxygen atoms in total. The van der Waals surface area contributed by atoms with E-state index in [0.29, 0.717) is 45.4 Å². The third kappa shape index (κ3) is 3.62. The van der Waals surface area contributed by atoms with E-state index in [-0.39, 0.29) is 6.03 Å². The highest BCUT2D eigenvalue weighted by atomic mass is 16.4. The lowest BCUT2D eigenvalue weighted by atomic mass is 9.98. The van der Waals surface area contributed by atoms with Gasteiger partial charge in [-0.05, 0) is 39.0 Å². The Kier molecular flexibility index (Phi) is 4.52. The van der Waals surface area contributed by atoms with Crippen LogP contribution in [0.3, 0.4) is 0 Å². The van der Waals surface area contributed by atoms with Crippen molar-refractivity contribution in [2.75, 3.05) is 26.2 Å². The Labute approximate surface area is 119 Å². The van der Waals surface area contributed by atoms with E-state index in [1.54, 1.807) is 9.80 Å². The van der Waals surface area contributed by atoms with E-state index in [2.05, 4.69) is 0 Å². The molecule has 20 heavy (non-hydrogen) atoms. The number of nitrogens with zero attached hydrogens (tertiary/aromatic N) is 2. The minimum absolute atomic E-state index is 0.0753. The predicted octanol–water partition coefficient (Wildman–Crippen LogP) is 1.14. The van der Waals surface area contributed by atoms with Crippen LogP contribution < -0.4 is 0 Å². The largest absolute Gasteiger partial charge is 0.481 e. The van der Waals surface area contributed by atoms with E-state index in [4.69, 9.17) is 5.11 Å². The number of carbonyl (C=O) groups is 2. The normalized spacial score (nSPS) is 31.8. The second kappa shape index (κ2) is 5.99. The molecule has 0 aromatic heterocycles. The highest BCUT2D eigenvalue weighted by Crippen LogP contribution is 2.23. The van der Waals surface area contributed by atoms with Crippen LogP contribution in [-0.2, 0) is 4.79 Å². The lowest BCUT2D eigenvalue weighted by Crippen LogP contribution is -2.49. The summed E-state index contributed by atoms with van der Waals surface area (Å²) >= 11 is 0. The molecule has 2 saturated heterocycles. The van der Waals surface area contributed by atoms with Crippen LogP contribution in [0, 0.1) is 5.92 Å². The summed E-state index contributed by atoms with van der Waals surface area (Å²) in [7, 11) is 0. The van der Waals surface area contributed by atoms with Gasteiger partial charge in [0.05, 0.1) is 11.5 Å². The molecule has 2 rings (SSSR count). The summed E-state index contributed by atoms with van der Waals surface area (Å²) < 4.78 is 0. The van der Waals surface area contributed by atoms with Crippen LogP contribution in [0.1, 0.15) is 39.0 Å². The Morgan fingerprint density at radius 3 is 2.50 bits per heavy atom. The fraction of sp³-hybridized carbons (Fsp3) is 0.857. The first-order valence-corrected chi connectivity index (χ1v) is 7.38. The van der Waals surface area contributed by atoms with Crippen molar-refractivity contribution < 1.29 is 19.8 Å². The van der Waals surface area contributed by atoms with Gasteiger partial charge in [0.2, 0.25) is 0 Å². The van der Waals surface area contributed by atoms with Gasteiger partial charge in [0.15, 0.2) is 0 Å². The van der Waals surface area contributed by atoms with E-state index in [1.165, 1.54) is 0 Å². The number of amides is 2. The molecule has 2 fully saturated rings. The quantitative estimate of drug-likeness (QED) is 0.756. The van der Waals surface area contributed by atoms with Crippen molar-refractivity contribution in [3.05, 3.63) is 0 Å². The number of aliphatic hydroxyl groups is 1. The van der Waals surface area contributed by atoms with Gasteiger partial charge in [-0.2, -0.15) is 0 Å². The van der Waals surface area contributed by atoms with Crippen LogP contribution in [0.2, 0.25) is 0 Å². The lowest BCUT2D eigenvalue weighted by molar-refractivity contribution is -0.143. The summed E-state index contributed by atoms with van der Waals surface area (Å²) in [5.41, 5.74) is -0.694. The average molecular weight is 284 g/mol. The number of hydrogen-bond acceptors (Lipinski definition) is 3. The molecule has 2 unspecified atom stereocenters. The second-order valence-corrected chi connectivity index (χ2v) is 6.24. The summed E-state index contributed by atoms with van der Waals surface area (Å²) in [4.78, 5) is 26.9. The van der Waals surface area contributed by atoms with Crippen molar-refractivity contribution in [2.45, 2.75) is 44.6 Å². The first-order chi connectivity index (χ1) is 9.39. The molecule has 2 aliphatic rings. The number of carboxylic acid groups (broad SMARTS) is 1. The number of rotatable bonds is 1. The van der Waals surface area contributed by atoms with E-state index >= 15 is 0 Å². The highest BCUT2D eigenvalue weighted by Gasteiger charge is 2.32. The summed E-state index contributed by atoms with van der Waals surface area (Å²) in [5.74, 6) is -1.26. The van der Waals surface area contributed by atoms with Gasteiger partial charge < -0.3 is 20.0 Å². The first-order valence-electron chi connectivity index (χ1n) is 7.38. The number of carbonyl (C=O) groups excluding carboxylic acids is 1. The lowest BCUT2D eigenvalue weighted by Gasteiger charge is -2.35. The monoisotopic (exact) mass is 284 g/mol. The van der Waals surface area contributed by atoms with E-state index < -0.39 is 17.5 Å². The van der Waals surface area contributed by atoms with Crippen molar-refractivity contribution >= 4 is 12.0 Å². The number of hydrogen-bond donors (Lipinski definition) is 2. The van der Waals surface area contributed by atoms with E-state index in [9.17, 15) is 14.7 Å². The van der Waals surface area contributed by atoms with E-state index in [0.717, 1.165) is 12.8 Å². The fourth-order valence-corrected chi connectivity index (χ4v) is 3.01. The van der Waals surface area contributed by atoms with Crippen LogP contribution in [0.5, 0.6) is 0 Å². The number of piperidine rings is 1. The van der Waals surface area contributed by atoms with Crippen molar-refractivity contribution in [1.29, 1.82) is 0 Å². The molecule has 114 valence electrons. The zero-order valence-corrected chi connectivity index (χ0v) is 12.0. The molecule has 2 heterocycles. The molecular formula is C14H24N2O4. The number of likely N-dealkylation sites (tertiary alicyclic amines) is 2. The third-order valence-electron chi connectivity index (χ3n) is 4.38. The van der Waals surface area contributed by atoms with Crippen LogP contribution in [0.15, 0.2) is 0 Å². The van der Waals surface area contributed by atoms with Crippen LogP contribution in [0.25, 0.3) is 0 Å². The van der Waals surface area contributed by atoms with Crippen molar-refractivity contribution in [3.8, 4) is 0 Å². The maximum atomic E-state index is 12.5. The Morgan fingerprint density at radius 2 is 1.80 bits per heavy atom. The summed E-state index contributed by atoms with van der Waals surface area (Å²) in [6, 6.07) is -0.0753. The van der Waals surface area contributed by atoms with Gasteiger partial charge in [-0.1, -0.05) is 0 Å². The van der Waals surface area contributed by atoms with Crippen molar-refractivity contribution in [1.82, 2.24) is 9.80 Å². The smallest absolute Gasteiger partial charge is 0.320 e. The molecular weight excluding hydrogens is 260 g/mol. The zero-order chi connectivity index (χ0) is 14.8. The molecule has 0 spiro atoms. The summed E-state index contributed by atoms with van der Waals surface area (Å²) in [6.07, 6.45) is 3.46. The summed E-state index contributed by atoms with van der Waals surface area (Å²) in [5, 5.41) is 19.1. The van der Waals surface area contributed by atoms with Gasteiger partial charge in [-0.3, -0.25) is 4.79 Å². The molecule has 0 saturated carbocycles. The Balaban J connectivity index is 1.95. The topological polar surface area (TPSA) is 81.1 Å². The first kappa shape index (κ1) is 15.1. The molecule has 0 radical (unpaired) electrons. The van der Waals surface area contributed by atoms with Gasteiger partial charge >= 0.3 is 12.0 Å². The SMILES string of the molecule is CC1(O)CCCN(C(=O)N2CCCC(C(=O)O)C2)CC1. The van der Waals surface area contributed by atoms with Crippen LogP contribution >= 0.6 is 0 Å². The van der Waals surface area contributed by atoms with Gasteiger partial charge in [0, 0.05) is 26.2 Å². The number of carboxylic acids is 1. The molecule has 0 aliphatic carbocycles. The predicted molar refractivity (Wildman–Crippen MR) is 73.4 cm³/mol. The second-order valence-electron chi connectivity index (χ2n) is 6.24. The maximum absolute atomic E-state index is 12.5. The Morgan fingerprint density at radius 1 is 1.10 bits per heavy atom. The fourth-order valence-electron chi connectivity index (χ4n) is 3.01. The molecule has 2 atom stereocenters. The minimum Gasteiger partial charge on any atom is -0.481 e. The van der Waals surface area contributed by atoms with Crippen LogP contribution in [0.4, 0.5) is 4.79 Å². The van der Waals surface area contributed by atoms with Gasteiger partial charge in [-0.15, -0.1) is 0 Å². The summed E-state index contributed by atoms with van der Waals surface area (Å²) in [6.45, 7) is 3.93. The zero-order valence-electron chi connectivity index (χ0n) is 12.0. The van der Waals surface area contributed by atoms with Gasteiger partial charge in [0.25, 0.3) is 0 Å². The molecule has 6 heteroatoms. The molecule has 2 aliphatic heterocycles. The minimum atomic E-state index is -0.818. The van der Waals surface area contributed by atoms with Crippen LogP contribution in [-0.4, -0.2) is 63.8 Å². The number of urea groups is 1. The maximum Gasteiger partial charge on any atom is 0.320 e. The van der Waals surface area contributed by atoms with Gasteiger partial charge in [-0.25, -0.2) is 4.79 Å².